The first-order chi connectivity index (χ1) is 16.8. The molecule has 1 amide bonds. The van der Waals surface area contributed by atoms with Gasteiger partial charge in [-0.05, 0) is 69.3 Å². The zero-order valence-electron chi connectivity index (χ0n) is 20.2. The summed E-state index contributed by atoms with van der Waals surface area (Å²) < 4.78 is 31.4. The average molecular weight is 517 g/mol. The molecule has 0 unspecified atom stereocenters. The molecule has 0 radical (unpaired) electrons. The van der Waals surface area contributed by atoms with Crippen molar-refractivity contribution in [1.82, 2.24) is 19.4 Å². The predicted octanol–water partition coefficient (Wildman–Crippen LogP) is 3.83. The van der Waals surface area contributed by atoms with Gasteiger partial charge in [0.15, 0.2) is 15.0 Å². The van der Waals surface area contributed by atoms with Gasteiger partial charge in [0, 0.05) is 43.4 Å². The fraction of sp³-hybridized carbons (Fsp3) is 0.520. The van der Waals surface area contributed by atoms with E-state index in [4.69, 9.17) is 9.40 Å². The molecule has 0 spiro atoms. The minimum Gasteiger partial charge on any atom is -0.472 e. The third-order valence-electron chi connectivity index (χ3n) is 7.30. The smallest absolute Gasteiger partial charge is 0.225 e. The first-order valence-electron chi connectivity index (χ1n) is 12.1. The number of rotatable bonds is 6. The van der Waals surface area contributed by atoms with Crippen LogP contribution in [0.4, 0.5) is 0 Å². The molecule has 35 heavy (non-hydrogen) atoms. The molecule has 10 heteroatoms. The number of amides is 1. The van der Waals surface area contributed by atoms with Gasteiger partial charge in [-0.15, -0.1) is 0 Å². The lowest BCUT2D eigenvalue weighted by Crippen LogP contribution is -2.45. The van der Waals surface area contributed by atoms with Crippen molar-refractivity contribution < 1.29 is 17.6 Å². The van der Waals surface area contributed by atoms with Gasteiger partial charge in [-0.1, -0.05) is 11.8 Å². The van der Waals surface area contributed by atoms with Gasteiger partial charge in [-0.25, -0.2) is 13.4 Å². The Kier molecular flexibility index (Phi) is 6.96. The number of fused-ring (bicyclic) bond motifs is 1. The number of carbonyl (C=O) groups excluding carboxylic acids is 1. The van der Waals surface area contributed by atoms with Gasteiger partial charge in [0.25, 0.3) is 0 Å². The van der Waals surface area contributed by atoms with Gasteiger partial charge < -0.3 is 13.9 Å². The van der Waals surface area contributed by atoms with Gasteiger partial charge in [0.05, 0.1) is 28.5 Å². The van der Waals surface area contributed by atoms with Crippen LogP contribution in [0.3, 0.4) is 0 Å². The topological polar surface area (TPSA) is 88.7 Å². The third kappa shape index (κ3) is 5.15. The Morgan fingerprint density at radius 2 is 1.86 bits per heavy atom. The highest BCUT2D eigenvalue weighted by Gasteiger charge is 2.32. The number of carbonyl (C=O) groups is 1. The highest BCUT2D eigenvalue weighted by atomic mass is 32.2. The molecule has 2 aliphatic heterocycles. The Labute approximate surface area is 210 Å². The summed E-state index contributed by atoms with van der Waals surface area (Å²) in [6.07, 6.45) is 10.3. The predicted molar refractivity (Wildman–Crippen MR) is 136 cm³/mol. The standard InChI is InChI=1S/C25H32N4O4S2/c1-34-25-26-22-15-21(35(2,31)32)3-4-23(22)29(25)20-7-12-28(13-8-20)24(30)19-5-10-27(11-6-19)16-18-9-14-33-17-18/h3-4,9,14-15,17,19-20H,5-8,10-13,16H2,1-2H3. The summed E-state index contributed by atoms with van der Waals surface area (Å²) in [5.41, 5.74) is 2.84. The largest absolute Gasteiger partial charge is 0.472 e. The van der Waals surface area contributed by atoms with E-state index in [1.165, 1.54) is 11.8 Å². The monoisotopic (exact) mass is 516 g/mol. The number of benzene rings is 1. The second-order valence-electron chi connectivity index (χ2n) is 9.63. The fourth-order valence-electron chi connectivity index (χ4n) is 5.37. The molecule has 1 aromatic carbocycles. The maximum Gasteiger partial charge on any atom is 0.225 e. The number of nitrogens with zero attached hydrogens (tertiary/aromatic N) is 4. The van der Waals surface area contributed by atoms with Crippen molar-refractivity contribution in [2.45, 2.75) is 48.3 Å². The van der Waals surface area contributed by atoms with Crippen LogP contribution in [0.1, 0.15) is 37.3 Å². The molecular weight excluding hydrogens is 484 g/mol. The van der Waals surface area contributed by atoms with Crippen molar-refractivity contribution in [2.75, 3.05) is 38.7 Å². The summed E-state index contributed by atoms with van der Waals surface area (Å²) in [5.74, 6) is 0.405. The van der Waals surface area contributed by atoms with Gasteiger partial charge in [0.2, 0.25) is 5.91 Å². The summed E-state index contributed by atoms with van der Waals surface area (Å²) in [6, 6.07) is 7.44. The number of hydrogen-bond donors (Lipinski definition) is 0. The van der Waals surface area contributed by atoms with Crippen molar-refractivity contribution in [2.24, 2.45) is 5.92 Å². The Bertz CT molecular complexity index is 1290. The minimum absolute atomic E-state index is 0.109. The number of sulfone groups is 1. The lowest BCUT2D eigenvalue weighted by Gasteiger charge is -2.37. The summed E-state index contributed by atoms with van der Waals surface area (Å²) in [6.45, 7) is 4.24. The normalized spacial score (nSPS) is 19.0. The van der Waals surface area contributed by atoms with E-state index in [2.05, 4.69) is 9.47 Å². The SMILES string of the molecule is CSc1nc2cc(S(C)(=O)=O)ccc2n1C1CCN(C(=O)C2CCN(Cc3ccoc3)CC2)CC1. The molecule has 0 saturated carbocycles. The van der Waals surface area contributed by atoms with E-state index in [1.54, 1.807) is 36.4 Å². The molecule has 188 valence electrons. The van der Waals surface area contributed by atoms with Crippen LogP contribution in [0.25, 0.3) is 11.0 Å². The van der Waals surface area contributed by atoms with E-state index >= 15 is 0 Å². The lowest BCUT2D eigenvalue weighted by molar-refractivity contribution is -0.138. The number of furan rings is 1. The Morgan fingerprint density at radius 1 is 1.11 bits per heavy atom. The van der Waals surface area contributed by atoms with E-state index < -0.39 is 9.84 Å². The maximum absolute atomic E-state index is 13.2. The molecular formula is C25H32N4O4S2. The van der Waals surface area contributed by atoms with Crippen LogP contribution in [0, 0.1) is 5.92 Å². The number of hydrogen-bond acceptors (Lipinski definition) is 7. The molecule has 2 aromatic heterocycles. The fourth-order valence-corrected chi connectivity index (χ4v) is 6.64. The van der Waals surface area contributed by atoms with E-state index in [9.17, 15) is 13.2 Å². The lowest BCUT2D eigenvalue weighted by atomic mass is 9.93. The number of likely N-dealkylation sites (tertiary alicyclic amines) is 2. The summed E-state index contributed by atoms with van der Waals surface area (Å²) in [7, 11) is -3.28. The van der Waals surface area contributed by atoms with E-state index in [1.807, 2.05) is 23.3 Å². The number of imidazole rings is 1. The molecule has 0 atom stereocenters. The Morgan fingerprint density at radius 3 is 2.49 bits per heavy atom. The molecule has 2 fully saturated rings. The van der Waals surface area contributed by atoms with E-state index in [-0.39, 0.29) is 12.0 Å². The molecule has 2 aliphatic rings. The second kappa shape index (κ2) is 9.99. The molecule has 0 bridgehead atoms. The first-order valence-corrected chi connectivity index (χ1v) is 15.2. The molecule has 5 rings (SSSR count). The molecule has 2 saturated heterocycles. The number of thioether (sulfide) groups is 1. The maximum atomic E-state index is 13.2. The molecule has 0 aliphatic carbocycles. The zero-order chi connectivity index (χ0) is 24.6. The Balaban J connectivity index is 1.21. The van der Waals surface area contributed by atoms with Crippen LogP contribution in [-0.4, -0.2) is 72.4 Å². The highest BCUT2D eigenvalue weighted by molar-refractivity contribution is 7.98. The highest BCUT2D eigenvalue weighted by Crippen LogP contribution is 2.34. The van der Waals surface area contributed by atoms with Crippen LogP contribution in [-0.2, 0) is 21.2 Å². The van der Waals surface area contributed by atoms with Crippen molar-refractivity contribution in [3.63, 3.8) is 0 Å². The van der Waals surface area contributed by atoms with Gasteiger partial charge in [-0.2, -0.15) is 0 Å². The second-order valence-corrected chi connectivity index (χ2v) is 12.4. The average Bonchev–Trinajstić information content (AvgIpc) is 3.50. The van der Waals surface area contributed by atoms with Crippen LogP contribution < -0.4 is 0 Å². The number of piperidine rings is 2. The number of aromatic nitrogens is 2. The Hall–Kier alpha value is -2.30. The zero-order valence-corrected chi connectivity index (χ0v) is 21.9. The van der Waals surface area contributed by atoms with Crippen LogP contribution in [0.15, 0.2) is 51.3 Å². The van der Waals surface area contributed by atoms with E-state index in [0.29, 0.717) is 16.3 Å². The molecule has 8 nitrogen and oxygen atoms in total. The van der Waals surface area contributed by atoms with Crippen molar-refractivity contribution >= 4 is 38.5 Å². The van der Waals surface area contributed by atoms with Crippen LogP contribution >= 0.6 is 11.8 Å². The van der Waals surface area contributed by atoms with Gasteiger partial charge >= 0.3 is 0 Å². The van der Waals surface area contributed by atoms with E-state index in [0.717, 1.165) is 69.1 Å². The summed E-state index contributed by atoms with van der Waals surface area (Å²) >= 11 is 1.57. The van der Waals surface area contributed by atoms with Crippen molar-refractivity contribution in [3.05, 3.63) is 42.4 Å². The summed E-state index contributed by atoms with van der Waals surface area (Å²) in [5, 5.41) is 0.889. The van der Waals surface area contributed by atoms with Crippen molar-refractivity contribution in [1.29, 1.82) is 0 Å². The van der Waals surface area contributed by atoms with Crippen molar-refractivity contribution in [3.8, 4) is 0 Å². The molecule has 0 N–H and O–H groups in total. The molecule has 3 aromatic rings. The summed E-state index contributed by atoms with van der Waals surface area (Å²) in [4.78, 5) is 22.7. The van der Waals surface area contributed by atoms with Gasteiger partial charge in [-0.3, -0.25) is 9.69 Å². The minimum atomic E-state index is -3.28. The third-order valence-corrected chi connectivity index (χ3v) is 9.07. The quantitative estimate of drug-likeness (QED) is 0.460. The van der Waals surface area contributed by atoms with Crippen LogP contribution in [0.2, 0.25) is 0 Å². The van der Waals surface area contributed by atoms with Gasteiger partial charge in [0.1, 0.15) is 0 Å². The first kappa shape index (κ1) is 24.4. The van der Waals surface area contributed by atoms with Crippen LogP contribution in [0.5, 0.6) is 0 Å². The molecule has 4 heterocycles.